The Morgan fingerprint density at radius 1 is 1.47 bits per heavy atom. The third-order valence-electron chi connectivity index (χ3n) is 3.62. The van der Waals surface area contributed by atoms with Crippen LogP contribution in [0.2, 0.25) is 0 Å². The van der Waals surface area contributed by atoms with Crippen molar-refractivity contribution in [2.45, 2.75) is 19.8 Å². The van der Waals surface area contributed by atoms with Gasteiger partial charge in [-0.05, 0) is 37.3 Å². The number of para-hydroxylation sites is 1. The molecule has 1 saturated heterocycles. The first-order valence-electron chi connectivity index (χ1n) is 6.77. The van der Waals surface area contributed by atoms with Gasteiger partial charge in [0.2, 0.25) is 0 Å². The molecule has 1 aromatic carbocycles. The van der Waals surface area contributed by atoms with Crippen LogP contribution in [0.15, 0.2) is 24.3 Å². The number of rotatable bonds is 5. The van der Waals surface area contributed by atoms with Crippen molar-refractivity contribution in [1.82, 2.24) is 4.90 Å². The number of hydrogen-bond donors (Lipinski definition) is 1. The number of hydrogen-bond acceptors (Lipinski definition) is 3. The maximum absolute atomic E-state index is 12.0. The van der Waals surface area contributed by atoms with Gasteiger partial charge in [-0.3, -0.25) is 4.79 Å². The van der Waals surface area contributed by atoms with Gasteiger partial charge < -0.3 is 14.7 Å². The number of benzene rings is 1. The molecule has 0 bridgehead atoms. The van der Waals surface area contributed by atoms with Crippen LogP contribution in [0.4, 0.5) is 0 Å². The molecule has 2 rings (SSSR count). The second-order valence-electron chi connectivity index (χ2n) is 5.06. The molecule has 0 aliphatic carbocycles. The molecule has 1 N–H and O–H groups in total. The second-order valence-corrected chi connectivity index (χ2v) is 5.06. The molecule has 1 amide bonds. The Labute approximate surface area is 114 Å². The first kappa shape index (κ1) is 13.9. The molecule has 1 aromatic rings. The Kier molecular flexibility index (Phi) is 4.80. The third-order valence-corrected chi connectivity index (χ3v) is 3.62. The van der Waals surface area contributed by atoms with Gasteiger partial charge in [-0.25, -0.2) is 0 Å². The number of ether oxygens (including phenoxy) is 1. The van der Waals surface area contributed by atoms with Crippen molar-refractivity contribution in [2.75, 3.05) is 26.3 Å². The van der Waals surface area contributed by atoms with E-state index in [2.05, 4.69) is 0 Å². The van der Waals surface area contributed by atoms with Crippen LogP contribution in [0.25, 0.3) is 0 Å². The summed E-state index contributed by atoms with van der Waals surface area (Å²) in [6.45, 7) is 3.78. The molecule has 4 heteroatoms. The summed E-state index contributed by atoms with van der Waals surface area (Å²) in [5.41, 5.74) is 1.04. The van der Waals surface area contributed by atoms with Crippen molar-refractivity contribution >= 4 is 5.91 Å². The van der Waals surface area contributed by atoms with Gasteiger partial charge >= 0.3 is 0 Å². The Balaban J connectivity index is 1.81. The van der Waals surface area contributed by atoms with Crippen LogP contribution in [0.3, 0.4) is 0 Å². The molecule has 1 heterocycles. The van der Waals surface area contributed by atoms with Crippen LogP contribution < -0.4 is 4.74 Å². The van der Waals surface area contributed by atoms with Gasteiger partial charge in [0.25, 0.3) is 5.91 Å². The summed E-state index contributed by atoms with van der Waals surface area (Å²) < 4.78 is 5.57. The van der Waals surface area contributed by atoms with Crippen LogP contribution in [0, 0.1) is 12.8 Å². The molecule has 1 aliphatic heterocycles. The number of aliphatic hydroxyl groups excluding tert-OH is 1. The number of carbonyl (C=O) groups excluding carboxylic acids is 1. The number of aliphatic hydroxyl groups is 1. The Morgan fingerprint density at radius 2 is 2.26 bits per heavy atom. The molecule has 0 saturated carbocycles. The molecular formula is C15H21NO3. The van der Waals surface area contributed by atoms with Crippen LogP contribution in [-0.2, 0) is 4.79 Å². The summed E-state index contributed by atoms with van der Waals surface area (Å²) in [7, 11) is 0. The van der Waals surface area contributed by atoms with Crippen molar-refractivity contribution in [3.8, 4) is 5.75 Å². The maximum atomic E-state index is 12.0. The number of likely N-dealkylation sites (tertiary alicyclic amines) is 1. The molecule has 0 aromatic heterocycles. The van der Waals surface area contributed by atoms with Crippen molar-refractivity contribution in [3.05, 3.63) is 29.8 Å². The van der Waals surface area contributed by atoms with Gasteiger partial charge in [-0.1, -0.05) is 18.2 Å². The zero-order valence-electron chi connectivity index (χ0n) is 11.3. The fourth-order valence-corrected chi connectivity index (χ4v) is 2.43. The average molecular weight is 263 g/mol. The topological polar surface area (TPSA) is 49.8 Å². The van der Waals surface area contributed by atoms with Gasteiger partial charge in [0, 0.05) is 19.7 Å². The highest BCUT2D eigenvalue weighted by Crippen LogP contribution is 2.20. The lowest BCUT2D eigenvalue weighted by Crippen LogP contribution is -2.33. The highest BCUT2D eigenvalue weighted by atomic mass is 16.5. The molecule has 1 fully saturated rings. The number of nitrogens with zero attached hydrogens (tertiary/aromatic N) is 1. The summed E-state index contributed by atoms with van der Waals surface area (Å²) in [6.07, 6.45) is 1.76. The van der Waals surface area contributed by atoms with Gasteiger partial charge in [-0.15, -0.1) is 0 Å². The van der Waals surface area contributed by atoms with E-state index in [4.69, 9.17) is 9.84 Å². The Morgan fingerprint density at radius 3 is 3.00 bits per heavy atom. The summed E-state index contributed by atoms with van der Waals surface area (Å²) >= 11 is 0. The fraction of sp³-hybridized carbons (Fsp3) is 0.533. The molecule has 1 unspecified atom stereocenters. The number of amides is 1. The van der Waals surface area contributed by atoms with Gasteiger partial charge in [0.1, 0.15) is 5.75 Å². The Bertz CT molecular complexity index is 433. The van der Waals surface area contributed by atoms with E-state index in [1.165, 1.54) is 0 Å². The SMILES string of the molecule is Cc1ccccc1OCC(=O)N1CCC(CCO)C1. The average Bonchev–Trinajstić information content (AvgIpc) is 2.87. The molecule has 0 radical (unpaired) electrons. The predicted molar refractivity (Wildman–Crippen MR) is 73.1 cm³/mol. The van der Waals surface area contributed by atoms with Crippen LogP contribution in [-0.4, -0.2) is 42.2 Å². The van der Waals surface area contributed by atoms with Gasteiger partial charge in [0.15, 0.2) is 6.61 Å². The monoisotopic (exact) mass is 263 g/mol. The van der Waals surface area contributed by atoms with E-state index in [1.54, 1.807) is 0 Å². The van der Waals surface area contributed by atoms with Crippen molar-refractivity contribution < 1.29 is 14.6 Å². The van der Waals surface area contributed by atoms with E-state index in [-0.39, 0.29) is 19.1 Å². The van der Waals surface area contributed by atoms with E-state index in [0.717, 1.165) is 37.2 Å². The van der Waals surface area contributed by atoms with Crippen LogP contribution in [0.1, 0.15) is 18.4 Å². The molecule has 1 atom stereocenters. The first-order chi connectivity index (χ1) is 9.20. The fourth-order valence-electron chi connectivity index (χ4n) is 2.43. The third kappa shape index (κ3) is 3.70. The highest BCUT2D eigenvalue weighted by molar-refractivity contribution is 5.78. The minimum absolute atomic E-state index is 0.0312. The summed E-state index contributed by atoms with van der Waals surface area (Å²) in [6, 6.07) is 7.69. The predicted octanol–water partition coefficient (Wildman–Crippen LogP) is 1.60. The lowest BCUT2D eigenvalue weighted by Gasteiger charge is -2.17. The molecule has 104 valence electrons. The standard InChI is InChI=1S/C15H21NO3/c1-12-4-2-3-5-14(12)19-11-15(18)16-8-6-13(10-16)7-9-17/h2-5,13,17H,6-11H2,1H3. The lowest BCUT2D eigenvalue weighted by molar-refractivity contribution is -0.132. The number of carbonyl (C=O) groups is 1. The second kappa shape index (κ2) is 6.57. The largest absolute Gasteiger partial charge is 0.484 e. The Hall–Kier alpha value is -1.55. The molecular weight excluding hydrogens is 242 g/mol. The minimum atomic E-state index is 0.0312. The van der Waals surface area contributed by atoms with E-state index in [1.807, 2.05) is 36.1 Å². The summed E-state index contributed by atoms with van der Waals surface area (Å²) in [5, 5.41) is 8.91. The zero-order valence-corrected chi connectivity index (χ0v) is 11.3. The van der Waals surface area contributed by atoms with E-state index >= 15 is 0 Å². The van der Waals surface area contributed by atoms with Crippen LogP contribution in [0.5, 0.6) is 5.75 Å². The van der Waals surface area contributed by atoms with Crippen LogP contribution >= 0.6 is 0 Å². The molecule has 4 nitrogen and oxygen atoms in total. The first-order valence-corrected chi connectivity index (χ1v) is 6.77. The van der Waals surface area contributed by atoms with Crippen molar-refractivity contribution in [1.29, 1.82) is 0 Å². The molecule has 1 aliphatic rings. The molecule has 19 heavy (non-hydrogen) atoms. The van der Waals surface area contributed by atoms with Gasteiger partial charge in [0.05, 0.1) is 0 Å². The smallest absolute Gasteiger partial charge is 0.260 e. The lowest BCUT2D eigenvalue weighted by atomic mass is 10.1. The van der Waals surface area contributed by atoms with Crippen molar-refractivity contribution in [2.24, 2.45) is 5.92 Å². The van der Waals surface area contributed by atoms with E-state index in [9.17, 15) is 4.79 Å². The van der Waals surface area contributed by atoms with E-state index < -0.39 is 0 Å². The minimum Gasteiger partial charge on any atom is -0.484 e. The summed E-state index contributed by atoms with van der Waals surface area (Å²) in [5.74, 6) is 1.23. The number of aryl methyl sites for hydroxylation is 1. The molecule has 0 spiro atoms. The normalized spacial score (nSPS) is 18.6. The quantitative estimate of drug-likeness (QED) is 0.878. The summed E-state index contributed by atoms with van der Waals surface area (Å²) in [4.78, 5) is 13.9. The maximum Gasteiger partial charge on any atom is 0.260 e. The zero-order chi connectivity index (χ0) is 13.7. The van der Waals surface area contributed by atoms with Crippen molar-refractivity contribution in [3.63, 3.8) is 0 Å². The van der Waals surface area contributed by atoms with Gasteiger partial charge in [-0.2, -0.15) is 0 Å². The van der Waals surface area contributed by atoms with E-state index in [0.29, 0.717) is 5.92 Å². The highest BCUT2D eigenvalue weighted by Gasteiger charge is 2.25.